The van der Waals surface area contributed by atoms with E-state index < -0.39 is 28.9 Å². The number of fused-ring (bicyclic) bond motifs is 7. The molecule has 0 bridgehead atoms. The summed E-state index contributed by atoms with van der Waals surface area (Å²) in [5.74, 6) is 0.658. The van der Waals surface area contributed by atoms with Gasteiger partial charge >= 0.3 is 11.9 Å². The van der Waals surface area contributed by atoms with Crippen LogP contribution < -0.4 is 5.32 Å². The van der Waals surface area contributed by atoms with Gasteiger partial charge in [0.15, 0.2) is 5.78 Å². The number of allylic oxidation sites excluding steroid dienone is 1. The third kappa shape index (κ3) is 6.33. The minimum Gasteiger partial charge on any atom is -0.481 e. The van der Waals surface area contributed by atoms with Crippen LogP contribution in [-0.4, -0.2) is 46.7 Å². The van der Waals surface area contributed by atoms with Crippen molar-refractivity contribution in [1.29, 1.82) is 0 Å². The Labute approximate surface area is 310 Å². The number of benzene rings is 1. The van der Waals surface area contributed by atoms with Crippen LogP contribution in [0.25, 0.3) is 0 Å². The highest BCUT2D eigenvalue weighted by atomic mass is 35.5. The Morgan fingerprint density at radius 3 is 2.31 bits per heavy atom. The normalized spacial score (nSPS) is 36.5. The second-order valence-corrected chi connectivity index (χ2v) is 19.6. The van der Waals surface area contributed by atoms with Gasteiger partial charge in [-0.15, -0.1) is 0 Å². The van der Waals surface area contributed by atoms with Gasteiger partial charge in [-0.3, -0.25) is 14.4 Å². The predicted octanol–water partition coefficient (Wildman–Crippen LogP) is 8.79. The zero-order valence-corrected chi connectivity index (χ0v) is 33.0. The number of aliphatic hydroxyl groups excluding tert-OH is 1. The number of Topliss-reactive ketones (excluding diaryl/α,β-unsaturated/α-hetero) is 1. The van der Waals surface area contributed by atoms with Gasteiger partial charge < -0.3 is 20.3 Å². The molecule has 2 unspecified atom stereocenters. The monoisotopic (exact) mass is 723 g/mol. The van der Waals surface area contributed by atoms with Crippen LogP contribution in [0.2, 0.25) is 5.02 Å². The SMILES string of the molecule is CC(C)C1=C2[C@H]3CCC4[C@@H](CCC5C(C)(C)[C@@H](OC(=O)CC(C)(C)C(=O)O)CC[C@]45C)[C@]3(C)CC[C@@]2([C@H](O)CNCc2ccccc2Cl)CC1=O. The maximum atomic E-state index is 13.9. The third-order valence-corrected chi connectivity index (χ3v) is 15.7. The summed E-state index contributed by atoms with van der Waals surface area (Å²) in [4.78, 5) is 38.7. The molecule has 0 aromatic heterocycles. The third-order valence-electron chi connectivity index (χ3n) is 15.3. The van der Waals surface area contributed by atoms with E-state index >= 15 is 0 Å². The highest BCUT2D eigenvalue weighted by Crippen LogP contribution is 2.73. The minimum atomic E-state index is -1.16. The van der Waals surface area contributed by atoms with Gasteiger partial charge in [-0.1, -0.05) is 76.9 Å². The van der Waals surface area contributed by atoms with E-state index in [-0.39, 0.29) is 46.4 Å². The smallest absolute Gasteiger partial charge is 0.309 e. The summed E-state index contributed by atoms with van der Waals surface area (Å²) in [5, 5.41) is 25.9. The molecule has 1 aromatic rings. The van der Waals surface area contributed by atoms with E-state index in [9.17, 15) is 24.6 Å². The average Bonchev–Trinajstić information content (AvgIpc) is 3.36. The topological polar surface area (TPSA) is 113 Å². The number of carboxylic acid groups (broad SMARTS) is 1. The van der Waals surface area contributed by atoms with E-state index in [1.54, 1.807) is 13.8 Å². The fourth-order valence-electron chi connectivity index (χ4n) is 12.6. The number of rotatable bonds is 10. The fraction of sp³-hybridized carbons (Fsp3) is 0.744. The molecule has 4 saturated carbocycles. The maximum absolute atomic E-state index is 13.9. The van der Waals surface area contributed by atoms with Gasteiger partial charge in [0.2, 0.25) is 0 Å². The number of carboxylic acids is 1. The number of esters is 1. The van der Waals surface area contributed by atoms with Crippen molar-refractivity contribution in [2.24, 2.45) is 56.7 Å². The second kappa shape index (κ2) is 13.6. The molecule has 0 heterocycles. The summed E-state index contributed by atoms with van der Waals surface area (Å²) in [6.07, 6.45) is 7.30. The van der Waals surface area contributed by atoms with Crippen molar-refractivity contribution in [3.05, 3.63) is 46.0 Å². The highest BCUT2D eigenvalue weighted by molar-refractivity contribution is 6.31. The summed E-state index contributed by atoms with van der Waals surface area (Å²) in [6.45, 7) is 18.0. The Hall–Kier alpha value is -2.22. The Kier molecular flexibility index (Phi) is 10.2. The largest absolute Gasteiger partial charge is 0.481 e. The van der Waals surface area contributed by atoms with Crippen LogP contribution in [0.5, 0.6) is 0 Å². The van der Waals surface area contributed by atoms with E-state index in [1.165, 1.54) is 5.57 Å². The molecule has 4 fully saturated rings. The first-order chi connectivity index (χ1) is 23.8. The number of halogens is 1. The summed E-state index contributed by atoms with van der Waals surface area (Å²) in [5.41, 5.74) is 1.50. The lowest BCUT2D eigenvalue weighted by molar-refractivity contribution is -0.205. The number of ketones is 1. The van der Waals surface area contributed by atoms with Gasteiger partial charge in [0.05, 0.1) is 17.9 Å². The van der Waals surface area contributed by atoms with E-state index in [2.05, 4.69) is 46.9 Å². The zero-order valence-electron chi connectivity index (χ0n) is 32.2. The molecular weight excluding hydrogens is 662 g/mol. The molecule has 0 amide bonds. The molecule has 51 heavy (non-hydrogen) atoms. The number of nitrogens with one attached hydrogen (secondary N) is 1. The Balaban J connectivity index is 1.23. The van der Waals surface area contributed by atoms with Crippen LogP contribution >= 0.6 is 11.6 Å². The molecule has 0 radical (unpaired) electrons. The summed E-state index contributed by atoms with van der Waals surface area (Å²) in [7, 11) is 0. The number of hydrogen-bond acceptors (Lipinski definition) is 6. The molecule has 5 aliphatic rings. The molecule has 1 aromatic carbocycles. The van der Waals surface area contributed by atoms with Gasteiger partial charge in [-0.05, 0) is 123 Å². The minimum absolute atomic E-state index is 0.0427. The second-order valence-electron chi connectivity index (χ2n) is 19.2. The van der Waals surface area contributed by atoms with Crippen molar-refractivity contribution in [2.45, 2.75) is 138 Å². The molecule has 0 aliphatic heterocycles. The highest BCUT2D eigenvalue weighted by Gasteiger charge is 2.67. The van der Waals surface area contributed by atoms with Crippen LogP contribution in [0.1, 0.15) is 125 Å². The predicted molar refractivity (Wildman–Crippen MR) is 200 cm³/mol. The van der Waals surface area contributed by atoms with E-state index in [4.69, 9.17) is 16.3 Å². The molecule has 0 spiro atoms. The summed E-state index contributed by atoms with van der Waals surface area (Å²) < 4.78 is 6.14. The van der Waals surface area contributed by atoms with Gasteiger partial charge in [0.1, 0.15) is 6.10 Å². The first kappa shape index (κ1) is 38.5. The van der Waals surface area contributed by atoms with Crippen molar-refractivity contribution in [2.75, 3.05) is 6.54 Å². The molecular formula is C43H62ClNO6. The van der Waals surface area contributed by atoms with Crippen LogP contribution in [0, 0.1) is 56.7 Å². The van der Waals surface area contributed by atoms with Gasteiger partial charge in [0, 0.05) is 35.4 Å². The van der Waals surface area contributed by atoms with E-state index in [0.717, 1.165) is 62.5 Å². The lowest BCUT2D eigenvalue weighted by Gasteiger charge is -2.68. The lowest BCUT2D eigenvalue weighted by atomic mass is 9.37. The van der Waals surface area contributed by atoms with Crippen molar-refractivity contribution in [3.8, 4) is 0 Å². The quantitative estimate of drug-likeness (QED) is 0.207. The van der Waals surface area contributed by atoms with Crippen LogP contribution in [-0.2, 0) is 25.7 Å². The molecule has 0 saturated heterocycles. The summed E-state index contributed by atoms with van der Waals surface area (Å²) >= 11 is 6.43. The Morgan fingerprint density at radius 2 is 1.65 bits per heavy atom. The molecule has 9 atom stereocenters. The molecule has 8 heteroatoms. The molecule has 7 nitrogen and oxygen atoms in total. The van der Waals surface area contributed by atoms with E-state index in [0.29, 0.717) is 42.3 Å². The standard InChI is InChI=1S/C43H62ClNO6/c1-25(2)36-31(46)21-43(33(47)24-45-23-26-11-9-10-12-30(26)44)20-19-41(7)27-15-16-32-40(5,6)34(51-35(48)22-39(3,4)38(49)50)17-18-42(32,8)28(27)13-14-29(41)37(36)43/h9-12,25,27-29,32-34,45,47H,13-24H2,1-8H3,(H,49,50)/t27-,28?,29-,32?,33-,34+,41+,42-,43+/m1/s1. The number of hydrogen-bond donors (Lipinski definition) is 3. The number of aliphatic hydroxyl groups is 1. The van der Waals surface area contributed by atoms with Gasteiger partial charge in [-0.25, -0.2) is 0 Å². The number of ether oxygens (including phenoxy) is 1. The first-order valence-electron chi connectivity index (χ1n) is 19.6. The maximum Gasteiger partial charge on any atom is 0.309 e. The Bertz CT molecular complexity index is 1580. The van der Waals surface area contributed by atoms with Crippen molar-refractivity contribution >= 4 is 29.3 Å². The number of aliphatic carboxylic acids is 1. The van der Waals surface area contributed by atoms with Crippen molar-refractivity contribution in [3.63, 3.8) is 0 Å². The van der Waals surface area contributed by atoms with Crippen LogP contribution in [0.15, 0.2) is 35.4 Å². The van der Waals surface area contributed by atoms with Gasteiger partial charge in [-0.2, -0.15) is 0 Å². The fourth-order valence-corrected chi connectivity index (χ4v) is 12.8. The molecule has 6 rings (SSSR count). The Morgan fingerprint density at radius 1 is 0.980 bits per heavy atom. The molecule has 3 N–H and O–H groups in total. The molecule has 5 aliphatic carbocycles. The van der Waals surface area contributed by atoms with Crippen molar-refractivity contribution in [1.82, 2.24) is 5.32 Å². The number of carbonyl (C=O) groups is 3. The van der Waals surface area contributed by atoms with Gasteiger partial charge in [0.25, 0.3) is 0 Å². The lowest BCUT2D eigenvalue weighted by Crippen LogP contribution is -2.62. The van der Waals surface area contributed by atoms with E-state index in [1.807, 2.05) is 24.3 Å². The van der Waals surface area contributed by atoms with Crippen LogP contribution in [0.3, 0.4) is 0 Å². The number of carbonyl (C=O) groups excluding carboxylic acids is 2. The van der Waals surface area contributed by atoms with Crippen LogP contribution in [0.4, 0.5) is 0 Å². The summed E-state index contributed by atoms with van der Waals surface area (Å²) in [6, 6.07) is 7.79. The average molecular weight is 724 g/mol. The zero-order chi connectivity index (χ0) is 37.3. The van der Waals surface area contributed by atoms with Crippen molar-refractivity contribution < 1.29 is 29.3 Å². The molecule has 282 valence electrons. The first-order valence-corrected chi connectivity index (χ1v) is 20.0.